The molecule has 1 aliphatic rings. The van der Waals surface area contributed by atoms with Crippen molar-refractivity contribution in [1.29, 1.82) is 0 Å². The van der Waals surface area contributed by atoms with Crippen molar-refractivity contribution in [3.8, 4) is 0 Å². The molecular formula is C23H27FN2O2. The molecule has 2 aromatic rings. The topological polar surface area (TPSA) is 40.6 Å². The van der Waals surface area contributed by atoms with E-state index in [0.717, 1.165) is 11.1 Å². The summed E-state index contributed by atoms with van der Waals surface area (Å²) in [5, 5.41) is 0. The SMILES string of the molecule is CC(=O)N1C[C@@H](C(=O)N(C)Cc2ccccc2)C[C@H](c2ccc(F)c(C)c2)C1. The van der Waals surface area contributed by atoms with Gasteiger partial charge in [-0.3, -0.25) is 9.59 Å². The Morgan fingerprint density at radius 2 is 1.86 bits per heavy atom. The molecule has 3 rings (SSSR count). The Labute approximate surface area is 166 Å². The Bertz CT molecular complexity index is 853. The molecule has 0 unspecified atom stereocenters. The summed E-state index contributed by atoms with van der Waals surface area (Å²) in [4.78, 5) is 28.6. The van der Waals surface area contributed by atoms with Gasteiger partial charge in [0.1, 0.15) is 5.82 Å². The minimum atomic E-state index is -0.262. The van der Waals surface area contributed by atoms with Crippen molar-refractivity contribution in [2.24, 2.45) is 5.92 Å². The fraction of sp³-hybridized carbons (Fsp3) is 0.391. The number of hydrogen-bond acceptors (Lipinski definition) is 2. The lowest BCUT2D eigenvalue weighted by Gasteiger charge is -2.38. The van der Waals surface area contributed by atoms with Crippen LogP contribution in [0.3, 0.4) is 0 Å². The molecule has 0 aliphatic carbocycles. The van der Waals surface area contributed by atoms with Gasteiger partial charge < -0.3 is 9.80 Å². The van der Waals surface area contributed by atoms with E-state index >= 15 is 0 Å². The second-order valence-corrected chi connectivity index (χ2v) is 7.74. The highest BCUT2D eigenvalue weighted by Crippen LogP contribution is 2.32. The highest BCUT2D eigenvalue weighted by Gasteiger charge is 2.35. The first-order chi connectivity index (χ1) is 13.3. The molecule has 0 N–H and O–H groups in total. The lowest BCUT2D eigenvalue weighted by Crippen LogP contribution is -2.47. The van der Waals surface area contributed by atoms with Gasteiger partial charge in [-0.15, -0.1) is 0 Å². The van der Waals surface area contributed by atoms with E-state index in [-0.39, 0.29) is 29.5 Å². The van der Waals surface area contributed by atoms with Crippen LogP contribution in [-0.4, -0.2) is 41.8 Å². The van der Waals surface area contributed by atoms with Crippen molar-refractivity contribution in [3.05, 3.63) is 71.0 Å². The summed E-state index contributed by atoms with van der Waals surface area (Å²) in [7, 11) is 1.80. The maximum atomic E-state index is 13.7. The van der Waals surface area contributed by atoms with Gasteiger partial charge >= 0.3 is 0 Å². The Hall–Kier alpha value is -2.69. The molecule has 1 heterocycles. The molecule has 1 saturated heterocycles. The van der Waals surface area contributed by atoms with Crippen LogP contribution in [0.2, 0.25) is 0 Å². The lowest BCUT2D eigenvalue weighted by atomic mass is 9.83. The first-order valence-electron chi connectivity index (χ1n) is 9.65. The predicted octanol–water partition coefficient (Wildman–Crippen LogP) is 3.74. The number of halogens is 1. The predicted molar refractivity (Wildman–Crippen MR) is 107 cm³/mol. The molecule has 0 bridgehead atoms. The molecule has 1 aliphatic heterocycles. The van der Waals surface area contributed by atoms with Crippen LogP contribution in [0.25, 0.3) is 0 Å². The third-order valence-corrected chi connectivity index (χ3v) is 5.54. The Morgan fingerprint density at radius 3 is 2.50 bits per heavy atom. The normalized spacial score (nSPS) is 19.4. The number of piperidine rings is 1. The zero-order chi connectivity index (χ0) is 20.3. The number of hydrogen-bond donors (Lipinski definition) is 0. The van der Waals surface area contributed by atoms with Crippen molar-refractivity contribution in [2.45, 2.75) is 32.7 Å². The largest absolute Gasteiger partial charge is 0.342 e. The van der Waals surface area contributed by atoms with Gasteiger partial charge in [-0.2, -0.15) is 0 Å². The molecule has 28 heavy (non-hydrogen) atoms. The molecular weight excluding hydrogens is 355 g/mol. The molecule has 0 spiro atoms. The third-order valence-electron chi connectivity index (χ3n) is 5.54. The molecule has 0 saturated carbocycles. The van der Waals surface area contributed by atoms with Crippen LogP contribution in [0.1, 0.15) is 36.0 Å². The third kappa shape index (κ3) is 4.58. The summed E-state index contributed by atoms with van der Waals surface area (Å²) < 4.78 is 13.7. The van der Waals surface area contributed by atoms with Crippen LogP contribution in [0.15, 0.2) is 48.5 Å². The number of amides is 2. The van der Waals surface area contributed by atoms with E-state index in [9.17, 15) is 14.0 Å². The van der Waals surface area contributed by atoms with Gasteiger partial charge in [0.2, 0.25) is 11.8 Å². The molecule has 0 aromatic heterocycles. The maximum Gasteiger partial charge on any atom is 0.227 e. The number of benzene rings is 2. The minimum absolute atomic E-state index is 0.0241. The molecule has 2 amide bonds. The van der Waals surface area contributed by atoms with Crippen LogP contribution < -0.4 is 0 Å². The van der Waals surface area contributed by atoms with E-state index < -0.39 is 0 Å². The Kier molecular flexibility index (Phi) is 6.12. The van der Waals surface area contributed by atoms with E-state index in [1.54, 1.807) is 29.8 Å². The molecule has 4 nitrogen and oxygen atoms in total. The number of carbonyl (C=O) groups excluding carboxylic acids is 2. The highest BCUT2D eigenvalue weighted by atomic mass is 19.1. The number of carbonyl (C=O) groups is 2. The summed E-state index contributed by atoms with van der Waals surface area (Å²) in [6, 6.07) is 14.9. The van der Waals surface area contributed by atoms with Crippen LogP contribution in [-0.2, 0) is 16.1 Å². The fourth-order valence-electron chi connectivity index (χ4n) is 3.95. The van der Waals surface area contributed by atoms with Crippen LogP contribution in [0.5, 0.6) is 0 Å². The Balaban J connectivity index is 1.78. The number of rotatable bonds is 4. The molecule has 2 aromatic carbocycles. The average Bonchev–Trinajstić information content (AvgIpc) is 2.69. The Morgan fingerprint density at radius 1 is 1.14 bits per heavy atom. The summed E-state index contributed by atoms with van der Waals surface area (Å²) >= 11 is 0. The monoisotopic (exact) mass is 382 g/mol. The van der Waals surface area contributed by atoms with E-state index in [1.807, 2.05) is 36.4 Å². The second-order valence-electron chi connectivity index (χ2n) is 7.74. The zero-order valence-corrected chi connectivity index (χ0v) is 16.7. The summed E-state index contributed by atoms with van der Waals surface area (Å²) in [6.45, 7) is 4.81. The lowest BCUT2D eigenvalue weighted by molar-refractivity contribution is -0.140. The van der Waals surface area contributed by atoms with E-state index in [1.165, 1.54) is 13.0 Å². The highest BCUT2D eigenvalue weighted by molar-refractivity contribution is 5.81. The number of nitrogens with zero attached hydrogens (tertiary/aromatic N) is 2. The van der Waals surface area contributed by atoms with Gasteiger partial charge in [0.05, 0.1) is 5.92 Å². The van der Waals surface area contributed by atoms with Crippen LogP contribution in [0.4, 0.5) is 4.39 Å². The van der Waals surface area contributed by atoms with Gasteiger partial charge in [0.25, 0.3) is 0 Å². The van der Waals surface area contributed by atoms with Crippen molar-refractivity contribution >= 4 is 11.8 Å². The zero-order valence-electron chi connectivity index (χ0n) is 16.7. The van der Waals surface area contributed by atoms with Gasteiger partial charge in [0.15, 0.2) is 0 Å². The first kappa shape index (κ1) is 20.1. The molecule has 0 radical (unpaired) electrons. The summed E-state index contributed by atoms with van der Waals surface area (Å²) in [5.41, 5.74) is 2.64. The number of likely N-dealkylation sites (tertiary alicyclic amines) is 1. The van der Waals surface area contributed by atoms with E-state index in [4.69, 9.17) is 0 Å². The van der Waals surface area contributed by atoms with Crippen molar-refractivity contribution < 1.29 is 14.0 Å². The molecule has 2 atom stereocenters. The van der Waals surface area contributed by atoms with Crippen LogP contribution in [0, 0.1) is 18.7 Å². The minimum Gasteiger partial charge on any atom is -0.342 e. The quantitative estimate of drug-likeness (QED) is 0.808. The first-order valence-corrected chi connectivity index (χ1v) is 9.65. The molecule has 5 heteroatoms. The second kappa shape index (κ2) is 8.55. The van der Waals surface area contributed by atoms with Crippen molar-refractivity contribution in [3.63, 3.8) is 0 Å². The summed E-state index contributed by atoms with van der Waals surface area (Å²) in [6.07, 6.45) is 0.660. The molecule has 148 valence electrons. The standard InChI is InChI=1S/C23H27FN2O2/c1-16-11-19(9-10-22(16)24)20-12-21(15-26(14-20)17(2)27)23(28)25(3)13-18-7-5-4-6-8-18/h4-11,20-21H,12-15H2,1-3H3/t20-,21-/m0/s1. The van der Waals surface area contributed by atoms with Gasteiger partial charge in [0, 0.05) is 39.5 Å². The number of aryl methyl sites for hydroxylation is 1. The smallest absolute Gasteiger partial charge is 0.227 e. The maximum absolute atomic E-state index is 13.7. The van der Waals surface area contributed by atoms with Gasteiger partial charge in [-0.05, 0) is 36.1 Å². The fourth-order valence-corrected chi connectivity index (χ4v) is 3.95. The van der Waals surface area contributed by atoms with Crippen LogP contribution >= 0.6 is 0 Å². The average molecular weight is 382 g/mol. The van der Waals surface area contributed by atoms with Crippen molar-refractivity contribution in [2.75, 3.05) is 20.1 Å². The van der Waals surface area contributed by atoms with Crippen molar-refractivity contribution in [1.82, 2.24) is 9.80 Å². The van der Waals surface area contributed by atoms with Gasteiger partial charge in [-0.25, -0.2) is 4.39 Å². The van der Waals surface area contributed by atoms with Gasteiger partial charge in [-0.1, -0.05) is 42.5 Å². The molecule has 1 fully saturated rings. The summed E-state index contributed by atoms with van der Waals surface area (Å²) in [5.74, 6) is -0.471. The van der Waals surface area contributed by atoms with E-state index in [0.29, 0.717) is 31.6 Å². The van der Waals surface area contributed by atoms with E-state index in [2.05, 4.69) is 0 Å².